The molecule has 0 atom stereocenters. The van der Waals surface area contributed by atoms with Gasteiger partial charge in [0.05, 0.1) is 6.54 Å². The summed E-state index contributed by atoms with van der Waals surface area (Å²) in [7, 11) is 0. The topological polar surface area (TPSA) is 52.7 Å². The molecule has 0 saturated heterocycles. The summed E-state index contributed by atoms with van der Waals surface area (Å²) in [5.41, 5.74) is 4.56. The number of para-hydroxylation sites is 2. The molecule has 4 rings (SSSR count). The van der Waals surface area contributed by atoms with Crippen LogP contribution in [0.2, 0.25) is 0 Å². The summed E-state index contributed by atoms with van der Waals surface area (Å²) < 4.78 is 0. The molecule has 0 bridgehead atoms. The van der Waals surface area contributed by atoms with Gasteiger partial charge in [-0.05, 0) is 67.8 Å². The molecule has 0 aliphatic carbocycles. The van der Waals surface area contributed by atoms with Gasteiger partial charge in [-0.25, -0.2) is 0 Å². The van der Waals surface area contributed by atoms with E-state index in [4.69, 9.17) is 0 Å². The molecule has 2 amide bonds. The Morgan fingerprint density at radius 3 is 2.39 bits per heavy atom. The van der Waals surface area contributed by atoms with E-state index < -0.39 is 0 Å². The molecular formula is C26H27N3O2. The summed E-state index contributed by atoms with van der Waals surface area (Å²) in [6.07, 6.45) is 2.00. The summed E-state index contributed by atoms with van der Waals surface area (Å²) in [6, 6.07) is 25.1. The van der Waals surface area contributed by atoms with Crippen molar-refractivity contribution in [2.45, 2.75) is 19.8 Å². The van der Waals surface area contributed by atoms with Crippen LogP contribution in [-0.4, -0.2) is 31.4 Å². The third-order valence-corrected chi connectivity index (χ3v) is 5.62. The van der Waals surface area contributed by atoms with Crippen molar-refractivity contribution in [3.05, 3.63) is 90.0 Å². The van der Waals surface area contributed by atoms with E-state index in [-0.39, 0.29) is 18.4 Å². The number of hydrogen-bond acceptors (Lipinski definition) is 3. The maximum Gasteiger partial charge on any atom is 0.258 e. The Bertz CT molecular complexity index is 1050. The largest absolute Gasteiger partial charge is 0.376 e. The Morgan fingerprint density at radius 1 is 0.935 bits per heavy atom. The highest BCUT2D eigenvalue weighted by atomic mass is 16.2. The summed E-state index contributed by atoms with van der Waals surface area (Å²) in [5, 5.41) is 3.20. The minimum atomic E-state index is -0.0405. The third kappa shape index (κ3) is 4.61. The molecular weight excluding hydrogens is 386 g/mol. The number of fused-ring (bicyclic) bond motifs is 1. The molecule has 0 unspecified atom stereocenters. The minimum Gasteiger partial charge on any atom is -0.376 e. The second-order valence-electron chi connectivity index (χ2n) is 7.59. The summed E-state index contributed by atoms with van der Waals surface area (Å²) >= 11 is 0. The van der Waals surface area contributed by atoms with Crippen molar-refractivity contribution in [2.75, 3.05) is 34.8 Å². The van der Waals surface area contributed by atoms with E-state index >= 15 is 0 Å². The zero-order valence-corrected chi connectivity index (χ0v) is 17.8. The fourth-order valence-corrected chi connectivity index (χ4v) is 4.00. The maximum atomic E-state index is 12.9. The second-order valence-corrected chi connectivity index (χ2v) is 7.59. The third-order valence-electron chi connectivity index (χ3n) is 5.62. The predicted octanol–water partition coefficient (Wildman–Crippen LogP) is 4.74. The van der Waals surface area contributed by atoms with Gasteiger partial charge >= 0.3 is 0 Å². The molecule has 3 aromatic carbocycles. The normalized spacial score (nSPS) is 12.7. The molecule has 1 aliphatic heterocycles. The van der Waals surface area contributed by atoms with E-state index in [1.165, 1.54) is 5.56 Å². The van der Waals surface area contributed by atoms with Crippen molar-refractivity contribution in [3.8, 4) is 0 Å². The van der Waals surface area contributed by atoms with Crippen LogP contribution in [0, 0.1) is 0 Å². The SMILES string of the molecule is CCN(C(=O)c1ccc(NCC(=O)N2CCCc3ccccc32)cc1)c1ccccc1. The average Bonchev–Trinajstić information content (AvgIpc) is 2.83. The van der Waals surface area contributed by atoms with Crippen LogP contribution < -0.4 is 15.1 Å². The zero-order valence-electron chi connectivity index (χ0n) is 17.8. The van der Waals surface area contributed by atoms with Crippen LogP contribution >= 0.6 is 0 Å². The van der Waals surface area contributed by atoms with Crippen LogP contribution in [0.3, 0.4) is 0 Å². The summed E-state index contributed by atoms with van der Waals surface area (Å²) in [6.45, 7) is 3.52. The number of carbonyl (C=O) groups excluding carboxylic acids is 2. The van der Waals surface area contributed by atoms with Gasteiger partial charge in [0, 0.05) is 35.7 Å². The van der Waals surface area contributed by atoms with Gasteiger partial charge in [-0.1, -0.05) is 36.4 Å². The highest BCUT2D eigenvalue weighted by molar-refractivity contribution is 6.06. The van der Waals surface area contributed by atoms with Crippen molar-refractivity contribution in [2.24, 2.45) is 0 Å². The Morgan fingerprint density at radius 2 is 1.65 bits per heavy atom. The maximum absolute atomic E-state index is 12.9. The number of nitrogens with zero attached hydrogens (tertiary/aromatic N) is 2. The number of hydrogen-bond donors (Lipinski definition) is 1. The average molecular weight is 414 g/mol. The standard InChI is InChI=1S/C26H27N3O2/c1-2-28(23-11-4-3-5-12-23)26(31)21-14-16-22(17-15-21)27-19-25(30)29-18-8-10-20-9-6-7-13-24(20)29/h3-7,9,11-17,27H,2,8,10,18-19H2,1H3. The summed E-state index contributed by atoms with van der Waals surface area (Å²) in [4.78, 5) is 29.3. The Kier molecular flexibility index (Phi) is 6.32. The second kappa shape index (κ2) is 9.47. The van der Waals surface area contributed by atoms with Crippen LogP contribution in [0.5, 0.6) is 0 Å². The number of rotatable bonds is 6. The van der Waals surface area contributed by atoms with Gasteiger partial charge in [-0.15, -0.1) is 0 Å². The Labute approximate surface area is 183 Å². The number of anilines is 3. The minimum absolute atomic E-state index is 0.0405. The lowest BCUT2D eigenvalue weighted by molar-refractivity contribution is -0.117. The van der Waals surface area contributed by atoms with Crippen molar-refractivity contribution in [1.82, 2.24) is 0 Å². The smallest absolute Gasteiger partial charge is 0.258 e. The number of amides is 2. The van der Waals surface area contributed by atoms with Gasteiger partial charge < -0.3 is 15.1 Å². The molecule has 5 nitrogen and oxygen atoms in total. The fraction of sp³-hybridized carbons (Fsp3) is 0.231. The molecule has 0 saturated carbocycles. The van der Waals surface area contributed by atoms with Crippen LogP contribution in [0.15, 0.2) is 78.9 Å². The first-order valence-electron chi connectivity index (χ1n) is 10.8. The van der Waals surface area contributed by atoms with E-state index in [1.54, 1.807) is 17.0 Å². The first kappa shape index (κ1) is 20.7. The van der Waals surface area contributed by atoms with Gasteiger partial charge in [0.1, 0.15) is 0 Å². The number of carbonyl (C=O) groups is 2. The van der Waals surface area contributed by atoms with Gasteiger partial charge in [-0.3, -0.25) is 9.59 Å². The van der Waals surface area contributed by atoms with E-state index in [0.29, 0.717) is 12.1 Å². The molecule has 0 radical (unpaired) electrons. The Hall–Kier alpha value is -3.60. The number of aryl methyl sites for hydroxylation is 1. The monoisotopic (exact) mass is 413 g/mol. The summed E-state index contributed by atoms with van der Waals surface area (Å²) in [5.74, 6) is 0.00906. The van der Waals surface area contributed by atoms with Crippen LogP contribution in [0.1, 0.15) is 29.3 Å². The molecule has 1 aliphatic rings. The molecule has 5 heteroatoms. The molecule has 1 N–H and O–H groups in total. The quantitative estimate of drug-likeness (QED) is 0.635. The molecule has 0 fully saturated rings. The van der Waals surface area contributed by atoms with Crippen LogP contribution in [0.4, 0.5) is 17.1 Å². The first-order valence-corrected chi connectivity index (χ1v) is 10.8. The lowest BCUT2D eigenvalue weighted by atomic mass is 10.0. The lowest BCUT2D eigenvalue weighted by Gasteiger charge is -2.29. The molecule has 0 aromatic heterocycles. The van der Waals surface area contributed by atoms with Gasteiger partial charge in [0.25, 0.3) is 5.91 Å². The highest BCUT2D eigenvalue weighted by Gasteiger charge is 2.22. The number of benzene rings is 3. The molecule has 1 heterocycles. The van der Waals surface area contributed by atoms with E-state index in [1.807, 2.05) is 72.5 Å². The Balaban J connectivity index is 1.39. The van der Waals surface area contributed by atoms with E-state index in [0.717, 1.165) is 36.4 Å². The molecule has 3 aromatic rings. The van der Waals surface area contributed by atoms with Crippen LogP contribution in [0.25, 0.3) is 0 Å². The van der Waals surface area contributed by atoms with Crippen LogP contribution in [-0.2, 0) is 11.2 Å². The van der Waals surface area contributed by atoms with Crippen molar-refractivity contribution >= 4 is 28.9 Å². The lowest BCUT2D eigenvalue weighted by Crippen LogP contribution is -2.39. The molecule has 0 spiro atoms. The predicted molar refractivity (Wildman–Crippen MR) is 126 cm³/mol. The van der Waals surface area contributed by atoms with Gasteiger partial charge in [-0.2, -0.15) is 0 Å². The molecule has 31 heavy (non-hydrogen) atoms. The highest BCUT2D eigenvalue weighted by Crippen LogP contribution is 2.26. The fourth-order valence-electron chi connectivity index (χ4n) is 4.00. The number of nitrogens with one attached hydrogen (secondary N) is 1. The first-order chi connectivity index (χ1) is 15.2. The molecule has 158 valence electrons. The van der Waals surface area contributed by atoms with Gasteiger partial charge in [0.2, 0.25) is 5.91 Å². The van der Waals surface area contributed by atoms with E-state index in [2.05, 4.69) is 11.4 Å². The van der Waals surface area contributed by atoms with Crippen molar-refractivity contribution in [3.63, 3.8) is 0 Å². The zero-order chi connectivity index (χ0) is 21.6. The van der Waals surface area contributed by atoms with Crippen molar-refractivity contribution < 1.29 is 9.59 Å². The van der Waals surface area contributed by atoms with Crippen molar-refractivity contribution in [1.29, 1.82) is 0 Å². The van der Waals surface area contributed by atoms with E-state index in [9.17, 15) is 9.59 Å². The van der Waals surface area contributed by atoms with Gasteiger partial charge in [0.15, 0.2) is 0 Å².